The number of sulfone groups is 1. The maximum absolute atomic E-state index is 13.3. The molecule has 0 aromatic carbocycles. The van der Waals surface area contributed by atoms with Crippen molar-refractivity contribution in [3.8, 4) is 0 Å². The fraction of sp³-hybridized carbons (Fsp3) is 0.526. The minimum absolute atomic E-state index is 0.0000119. The van der Waals surface area contributed by atoms with Crippen LogP contribution in [-0.4, -0.2) is 60.3 Å². The largest absolute Gasteiger partial charge is 0.434 e. The fourth-order valence-electron chi connectivity index (χ4n) is 4.01. The zero-order valence-corrected chi connectivity index (χ0v) is 19.1. The third kappa shape index (κ3) is 5.01. The van der Waals surface area contributed by atoms with E-state index >= 15 is 0 Å². The first-order chi connectivity index (χ1) is 15.0. The molecule has 0 radical (unpaired) electrons. The molecule has 4 rings (SSSR count). The summed E-state index contributed by atoms with van der Waals surface area (Å²) in [7, 11) is -3.09. The van der Waals surface area contributed by atoms with Crippen LogP contribution in [0.15, 0.2) is 24.5 Å². The molecule has 2 fully saturated rings. The zero-order valence-electron chi connectivity index (χ0n) is 16.8. The van der Waals surface area contributed by atoms with Crippen molar-refractivity contribution < 1.29 is 26.4 Å². The molecular formula is C19H20ClF3N4O3S2. The summed E-state index contributed by atoms with van der Waals surface area (Å²) < 4.78 is 62.5. The number of hydrogen-bond donors (Lipinski definition) is 0. The maximum atomic E-state index is 13.3. The number of alkyl halides is 3. The lowest BCUT2D eigenvalue weighted by Crippen LogP contribution is -2.53. The number of piperazine rings is 1. The average molecular weight is 509 g/mol. The van der Waals surface area contributed by atoms with Crippen LogP contribution < -0.4 is 4.90 Å². The van der Waals surface area contributed by atoms with E-state index in [2.05, 4.69) is 9.97 Å². The van der Waals surface area contributed by atoms with Crippen LogP contribution in [0.3, 0.4) is 0 Å². The Morgan fingerprint density at radius 1 is 1.12 bits per heavy atom. The van der Waals surface area contributed by atoms with Crippen LogP contribution in [0.25, 0.3) is 0 Å². The van der Waals surface area contributed by atoms with Crippen molar-refractivity contribution in [2.75, 3.05) is 36.0 Å². The Labute approximate surface area is 192 Å². The van der Waals surface area contributed by atoms with E-state index in [0.29, 0.717) is 48.8 Å². The minimum Gasteiger partial charge on any atom is -0.351 e. The van der Waals surface area contributed by atoms with E-state index in [-0.39, 0.29) is 29.4 Å². The Bertz CT molecular complexity index is 1080. The Balaban J connectivity index is 1.55. The molecule has 2 aliphatic rings. The Kier molecular flexibility index (Phi) is 6.38. The molecule has 13 heteroatoms. The lowest BCUT2D eigenvalue weighted by atomic mass is 9.98. The number of halogens is 4. The molecule has 174 valence electrons. The van der Waals surface area contributed by atoms with Gasteiger partial charge in [0.2, 0.25) is 5.91 Å². The molecule has 1 amide bonds. The summed E-state index contributed by atoms with van der Waals surface area (Å²) in [5, 5.41) is 0. The summed E-state index contributed by atoms with van der Waals surface area (Å²) in [4.78, 5) is 25.1. The zero-order chi connectivity index (χ0) is 23.1. The Morgan fingerprint density at radius 2 is 1.84 bits per heavy atom. The van der Waals surface area contributed by atoms with E-state index in [1.54, 1.807) is 15.9 Å². The van der Waals surface area contributed by atoms with E-state index in [0.717, 1.165) is 11.1 Å². The molecule has 1 unspecified atom stereocenters. The van der Waals surface area contributed by atoms with Gasteiger partial charge in [0.15, 0.2) is 5.69 Å². The lowest BCUT2D eigenvalue weighted by molar-refractivity contribution is -0.141. The van der Waals surface area contributed by atoms with Crippen LogP contribution in [0.4, 0.5) is 19.0 Å². The van der Waals surface area contributed by atoms with Crippen molar-refractivity contribution in [3.05, 3.63) is 39.4 Å². The third-order valence-corrected chi connectivity index (χ3v) is 8.79. The van der Waals surface area contributed by atoms with Gasteiger partial charge < -0.3 is 9.80 Å². The van der Waals surface area contributed by atoms with Gasteiger partial charge in [0.05, 0.1) is 34.3 Å². The van der Waals surface area contributed by atoms with Gasteiger partial charge in [-0.15, -0.1) is 11.3 Å². The van der Waals surface area contributed by atoms with Crippen molar-refractivity contribution in [2.45, 2.75) is 25.1 Å². The van der Waals surface area contributed by atoms with Gasteiger partial charge in [0.1, 0.15) is 15.7 Å². The number of thiophene rings is 1. The first kappa shape index (κ1) is 23.2. The van der Waals surface area contributed by atoms with Crippen LogP contribution >= 0.6 is 22.9 Å². The second kappa shape index (κ2) is 8.79. The third-order valence-electron chi connectivity index (χ3n) is 5.74. The summed E-state index contributed by atoms with van der Waals surface area (Å²) in [5.74, 6) is -0.178. The highest BCUT2D eigenvalue weighted by atomic mass is 35.5. The van der Waals surface area contributed by atoms with Gasteiger partial charge >= 0.3 is 6.18 Å². The second-order valence-corrected chi connectivity index (χ2v) is 11.9. The van der Waals surface area contributed by atoms with E-state index in [4.69, 9.17) is 11.6 Å². The molecule has 32 heavy (non-hydrogen) atoms. The summed E-state index contributed by atoms with van der Waals surface area (Å²) in [5.41, 5.74) is -1.07. The smallest absolute Gasteiger partial charge is 0.351 e. The normalized spacial score (nSPS) is 22.2. The van der Waals surface area contributed by atoms with Crippen LogP contribution in [0.2, 0.25) is 4.34 Å². The molecule has 2 aliphatic heterocycles. The monoisotopic (exact) mass is 508 g/mol. The first-order valence-corrected chi connectivity index (χ1v) is 13.0. The second-order valence-electron chi connectivity index (χ2n) is 7.82. The highest BCUT2D eigenvalue weighted by molar-refractivity contribution is 7.91. The van der Waals surface area contributed by atoms with E-state index in [1.807, 2.05) is 6.07 Å². The predicted octanol–water partition coefficient (Wildman–Crippen LogP) is 3.43. The van der Waals surface area contributed by atoms with Gasteiger partial charge in [-0.1, -0.05) is 11.6 Å². The molecule has 0 aliphatic carbocycles. The van der Waals surface area contributed by atoms with Gasteiger partial charge in [0, 0.05) is 30.4 Å². The van der Waals surface area contributed by atoms with Crippen molar-refractivity contribution in [1.82, 2.24) is 14.9 Å². The number of hydrogen-bond acceptors (Lipinski definition) is 7. The standard InChI is InChI=1S/C19H20ClF3N4O3S2/c20-16-2-1-14(31-16)13-11-26(17-10-24-15(9-25-17)19(21,22)23)5-6-27(13)18(28)12-3-7-32(29,30)8-4-12/h1-2,9-10,12-13H,3-8,11H2. The molecule has 7 nitrogen and oxygen atoms in total. The SMILES string of the molecule is O=C(C1CCS(=O)(=O)CC1)N1CCN(c2cnc(C(F)(F)F)cn2)CC1c1ccc(Cl)s1. The van der Waals surface area contributed by atoms with Gasteiger partial charge in [-0.25, -0.2) is 18.4 Å². The highest BCUT2D eigenvalue weighted by Crippen LogP contribution is 2.36. The quantitative estimate of drug-likeness (QED) is 0.631. The summed E-state index contributed by atoms with van der Waals surface area (Å²) in [6.45, 7) is 1.00. The number of carbonyl (C=O) groups is 1. The minimum atomic E-state index is -4.57. The topological polar surface area (TPSA) is 83.5 Å². The lowest BCUT2D eigenvalue weighted by Gasteiger charge is -2.43. The summed E-state index contributed by atoms with van der Waals surface area (Å²) >= 11 is 7.44. The van der Waals surface area contributed by atoms with Crippen LogP contribution in [0.5, 0.6) is 0 Å². The van der Waals surface area contributed by atoms with E-state index in [1.165, 1.54) is 11.3 Å². The number of anilines is 1. The van der Waals surface area contributed by atoms with Crippen LogP contribution in [0.1, 0.15) is 29.5 Å². The van der Waals surface area contributed by atoms with E-state index in [9.17, 15) is 26.4 Å². The van der Waals surface area contributed by atoms with Crippen molar-refractivity contribution in [1.29, 1.82) is 0 Å². The number of amides is 1. The van der Waals surface area contributed by atoms with Crippen LogP contribution in [-0.2, 0) is 20.8 Å². The van der Waals surface area contributed by atoms with E-state index < -0.39 is 21.7 Å². The summed E-state index contributed by atoms with van der Waals surface area (Å²) in [6.07, 6.45) is -2.19. The number of carbonyl (C=O) groups excluding carboxylic acids is 1. The molecular weight excluding hydrogens is 489 g/mol. The van der Waals surface area contributed by atoms with Gasteiger partial charge in [-0.2, -0.15) is 13.2 Å². The van der Waals surface area contributed by atoms with Gasteiger partial charge in [-0.3, -0.25) is 4.79 Å². The van der Waals surface area contributed by atoms with Gasteiger partial charge in [-0.05, 0) is 25.0 Å². The Morgan fingerprint density at radius 3 is 2.41 bits per heavy atom. The Hall–Kier alpha value is -1.92. The fourth-order valence-corrected chi connectivity index (χ4v) is 6.66. The molecule has 0 N–H and O–H groups in total. The molecule has 0 bridgehead atoms. The molecule has 0 saturated carbocycles. The maximum Gasteiger partial charge on any atom is 0.434 e. The highest BCUT2D eigenvalue weighted by Gasteiger charge is 2.38. The predicted molar refractivity (Wildman–Crippen MR) is 114 cm³/mol. The molecule has 2 aromatic rings. The average Bonchev–Trinajstić information content (AvgIpc) is 3.18. The van der Waals surface area contributed by atoms with Crippen molar-refractivity contribution in [3.63, 3.8) is 0 Å². The van der Waals surface area contributed by atoms with Crippen molar-refractivity contribution >= 4 is 44.5 Å². The molecule has 4 heterocycles. The number of aromatic nitrogens is 2. The molecule has 2 aromatic heterocycles. The van der Waals surface area contributed by atoms with Crippen LogP contribution in [0, 0.1) is 5.92 Å². The van der Waals surface area contributed by atoms with Crippen molar-refractivity contribution in [2.24, 2.45) is 5.92 Å². The molecule has 0 spiro atoms. The molecule has 1 atom stereocenters. The summed E-state index contributed by atoms with van der Waals surface area (Å²) in [6, 6.07) is 3.18. The number of rotatable bonds is 3. The number of nitrogens with zero attached hydrogens (tertiary/aromatic N) is 4. The van der Waals surface area contributed by atoms with Gasteiger partial charge in [0.25, 0.3) is 0 Å². The first-order valence-electron chi connectivity index (χ1n) is 9.94. The molecule has 2 saturated heterocycles.